The first-order valence-corrected chi connectivity index (χ1v) is 11.1. The highest BCUT2D eigenvalue weighted by atomic mass is 16.6. The van der Waals surface area contributed by atoms with E-state index in [1.807, 2.05) is 6.92 Å². The summed E-state index contributed by atoms with van der Waals surface area (Å²) in [5.41, 5.74) is 1.58. The molecule has 1 aliphatic heterocycles. The molecule has 1 saturated heterocycles. The van der Waals surface area contributed by atoms with Crippen molar-refractivity contribution < 1.29 is 28.5 Å². The monoisotopic (exact) mass is 461 g/mol. The largest absolute Gasteiger partial charge is 0.486 e. The van der Waals surface area contributed by atoms with Gasteiger partial charge in [-0.1, -0.05) is 25.0 Å². The standard InChI is InChI=1S/C22H31N5O6/c1-5-6-7-10-32-22(29)24-20-19(25-26-27(20)3)17-8-9-18(14(2)23-17)33-16-11-15(12-31-13-16)21(28)30-4/h8-9,15-16H,5-7,10-13H2,1-4H3,(H,24,29)/t15-,16-/m1/s1. The van der Waals surface area contributed by atoms with Gasteiger partial charge in [0, 0.05) is 13.5 Å². The fraction of sp³-hybridized carbons (Fsp3) is 0.591. The molecule has 0 saturated carbocycles. The molecule has 0 radical (unpaired) electrons. The number of pyridine rings is 1. The number of methoxy groups -OCH3 is 1. The molecule has 33 heavy (non-hydrogen) atoms. The highest BCUT2D eigenvalue weighted by Crippen LogP contribution is 2.28. The van der Waals surface area contributed by atoms with E-state index in [1.54, 1.807) is 19.2 Å². The summed E-state index contributed by atoms with van der Waals surface area (Å²) in [6.45, 7) is 4.96. The Labute approximate surface area is 192 Å². The number of unbranched alkanes of at least 4 members (excludes halogenated alkanes) is 2. The van der Waals surface area contributed by atoms with Crippen molar-refractivity contribution in [2.24, 2.45) is 13.0 Å². The number of rotatable bonds is 9. The summed E-state index contributed by atoms with van der Waals surface area (Å²) in [4.78, 5) is 28.5. The van der Waals surface area contributed by atoms with Crippen LogP contribution >= 0.6 is 0 Å². The summed E-state index contributed by atoms with van der Waals surface area (Å²) in [5, 5.41) is 10.8. The van der Waals surface area contributed by atoms with E-state index < -0.39 is 6.09 Å². The lowest BCUT2D eigenvalue weighted by molar-refractivity contribution is -0.152. The van der Waals surface area contributed by atoms with Crippen LogP contribution in [0.4, 0.5) is 10.6 Å². The van der Waals surface area contributed by atoms with E-state index in [4.69, 9.17) is 18.9 Å². The number of nitrogens with one attached hydrogen (secondary N) is 1. The molecule has 3 heterocycles. The van der Waals surface area contributed by atoms with Crippen LogP contribution < -0.4 is 10.1 Å². The highest BCUT2D eigenvalue weighted by molar-refractivity contribution is 5.88. The van der Waals surface area contributed by atoms with Crippen LogP contribution in [0.25, 0.3) is 11.4 Å². The Morgan fingerprint density at radius 1 is 1.27 bits per heavy atom. The van der Waals surface area contributed by atoms with Gasteiger partial charge in [0.2, 0.25) is 0 Å². The Morgan fingerprint density at radius 2 is 2.09 bits per heavy atom. The summed E-state index contributed by atoms with van der Waals surface area (Å²) in [6, 6.07) is 3.52. The molecule has 11 heteroatoms. The zero-order valence-electron chi connectivity index (χ0n) is 19.5. The number of carbonyl (C=O) groups excluding carboxylic acids is 2. The van der Waals surface area contributed by atoms with Crippen molar-refractivity contribution in [2.75, 3.05) is 32.2 Å². The first kappa shape index (κ1) is 24.4. The third kappa shape index (κ3) is 6.41. The van der Waals surface area contributed by atoms with Crippen LogP contribution in [-0.2, 0) is 26.1 Å². The Kier molecular flexibility index (Phi) is 8.58. The number of carbonyl (C=O) groups is 2. The molecule has 0 aromatic carbocycles. The average Bonchev–Trinajstić information content (AvgIpc) is 3.17. The molecule has 0 spiro atoms. The number of amides is 1. The van der Waals surface area contributed by atoms with Gasteiger partial charge in [0.15, 0.2) is 11.5 Å². The van der Waals surface area contributed by atoms with Crippen molar-refractivity contribution >= 4 is 17.9 Å². The molecule has 0 aliphatic carbocycles. The van der Waals surface area contributed by atoms with E-state index in [0.29, 0.717) is 54.9 Å². The van der Waals surface area contributed by atoms with Crippen LogP contribution in [0.1, 0.15) is 38.3 Å². The number of hydrogen-bond acceptors (Lipinski definition) is 9. The number of nitrogens with zero attached hydrogens (tertiary/aromatic N) is 4. The molecule has 2 atom stereocenters. The zero-order valence-corrected chi connectivity index (χ0v) is 19.5. The fourth-order valence-corrected chi connectivity index (χ4v) is 3.51. The Balaban J connectivity index is 1.67. The lowest BCUT2D eigenvalue weighted by Crippen LogP contribution is -2.37. The minimum atomic E-state index is -0.563. The minimum Gasteiger partial charge on any atom is -0.486 e. The van der Waals surface area contributed by atoms with Crippen molar-refractivity contribution in [1.29, 1.82) is 0 Å². The van der Waals surface area contributed by atoms with Crippen molar-refractivity contribution in [3.8, 4) is 17.1 Å². The summed E-state index contributed by atoms with van der Waals surface area (Å²) < 4.78 is 23.0. The topological polar surface area (TPSA) is 127 Å². The number of aromatic nitrogens is 4. The Morgan fingerprint density at radius 3 is 2.82 bits per heavy atom. The molecule has 0 bridgehead atoms. The van der Waals surface area contributed by atoms with E-state index in [1.165, 1.54) is 11.8 Å². The predicted octanol–water partition coefficient (Wildman–Crippen LogP) is 2.88. The van der Waals surface area contributed by atoms with Crippen LogP contribution in [0.3, 0.4) is 0 Å². The molecule has 1 N–H and O–H groups in total. The second kappa shape index (κ2) is 11.6. The third-order valence-electron chi connectivity index (χ3n) is 5.31. The summed E-state index contributed by atoms with van der Waals surface area (Å²) in [7, 11) is 3.04. The van der Waals surface area contributed by atoms with Gasteiger partial charge in [-0.3, -0.25) is 10.1 Å². The first-order chi connectivity index (χ1) is 15.9. The molecule has 1 aliphatic rings. The molecule has 11 nitrogen and oxygen atoms in total. The van der Waals surface area contributed by atoms with Crippen LogP contribution in [0.2, 0.25) is 0 Å². The molecular weight excluding hydrogens is 430 g/mol. The van der Waals surface area contributed by atoms with Crippen molar-refractivity contribution in [2.45, 2.75) is 45.6 Å². The molecule has 2 aromatic heterocycles. The van der Waals surface area contributed by atoms with E-state index in [0.717, 1.165) is 19.3 Å². The van der Waals surface area contributed by atoms with E-state index in [-0.39, 0.29) is 18.0 Å². The van der Waals surface area contributed by atoms with Crippen LogP contribution in [0.15, 0.2) is 12.1 Å². The number of anilines is 1. The van der Waals surface area contributed by atoms with Gasteiger partial charge in [-0.15, -0.1) is 5.10 Å². The lowest BCUT2D eigenvalue weighted by Gasteiger charge is -2.28. The maximum atomic E-state index is 12.2. The maximum absolute atomic E-state index is 12.2. The van der Waals surface area contributed by atoms with Crippen molar-refractivity contribution in [3.05, 3.63) is 17.8 Å². The Bertz CT molecular complexity index is 963. The maximum Gasteiger partial charge on any atom is 0.412 e. The summed E-state index contributed by atoms with van der Waals surface area (Å²) >= 11 is 0. The third-order valence-corrected chi connectivity index (χ3v) is 5.31. The molecule has 3 rings (SSSR count). The quantitative estimate of drug-likeness (QED) is 0.443. The number of hydrogen-bond donors (Lipinski definition) is 1. The lowest BCUT2D eigenvalue weighted by atomic mass is 10.0. The van der Waals surface area contributed by atoms with Crippen molar-refractivity contribution in [1.82, 2.24) is 20.0 Å². The number of ether oxygens (including phenoxy) is 4. The van der Waals surface area contributed by atoms with Crippen LogP contribution in [0.5, 0.6) is 5.75 Å². The van der Waals surface area contributed by atoms with Gasteiger partial charge < -0.3 is 18.9 Å². The minimum absolute atomic E-state index is 0.287. The second-order valence-electron chi connectivity index (χ2n) is 7.89. The van der Waals surface area contributed by atoms with Gasteiger partial charge >= 0.3 is 12.1 Å². The number of esters is 1. The van der Waals surface area contributed by atoms with E-state index in [2.05, 4.69) is 27.5 Å². The van der Waals surface area contributed by atoms with E-state index >= 15 is 0 Å². The average molecular weight is 462 g/mol. The molecule has 1 fully saturated rings. The smallest absolute Gasteiger partial charge is 0.412 e. The molecule has 1 amide bonds. The zero-order chi connectivity index (χ0) is 23.8. The van der Waals surface area contributed by atoms with Gasteiger partial charge in [0.25, 0.3) is 0 Å². The molecular formula is C22H31N5O6. The van der Waals surface area contributed by atoms with Gasteiger partial charge in [-0.05, 0) is 25.5 Å². The first-order valence-electron chi connectivity index (χ1n) is 11.1. The second-order valence-corrected chi connectivity index (χ2v) is 7.89. The molecule has 2 aromatic rings. The Hall–Kier alpha value is -3.21. The van der Waals surface area contributed by atoms with Crippen LogP contribution in [0, 0.1) is 12.8 Å². The summed E-state index contributed by atoms with van der Waals surface area (Å²) in [5.74, 6) is 0.306. The van der Waals surface area contributed by atoms with Gasteiger partial charge in [-0.25, -0.2) is 14.5 Å². The van der Waals surface area contributed by atoms with Gasteiger partial charge in [0.1, 0.15) is 11.9 Å². The van der Waals surface area contributed by atoms with Gasteiger partial charge in [0.05, 0.1) is 44.2 Å². The molecule has 180 valence electrons. The van der Waals surface area contributed by atoms with Gasteiger partial charge in [-0.2, -0.15) is 0 Å². The predicted molar refractivity (Wildman–Crippen MR) is 119 cm³/mol. The normalized spacial score (nSPS) is 17.9. The molecule has 0 unspecified atom stereocenters. The fourth-order valence-electron chi connectivity index (χ4n) is 3.51. The number of aryl methyl sites for hydroxylation is 2. The van der Waals surface area contributed by atoms with Crippen molar-refractivity contribution in [3.63, 3.8) is 0 Å². The van der Waals surface area contributed by atoms with Crippen LogP contribution in [-0.4, -0.2) is 65.1 Å². The van der Waals surface area contributed by atoms with E-state index in [9.17, 15) is 9.59 Å². The SMILES string of the molecule is CCCCCOC(=O)Nc1c(-c2ccc(O[C@H]3COC[C@H](C(=O)OC)C3)c(C)n2)nnn1C. The summed E-state index contributed by atoms with van der Waals surface area (Å²) in [6.07, 6.45) is 2.52. The highest BCUT2D eigenvalue weighted by Gasteiger charge is 2.30.